The summed E-state index contributed by atoms with van der Waals surface area (Å²) in [5.74, 6) is 0. The first-order valence-corrected chi connectivity index (χ1v) is 2.37. The molecular weight excluding hydrogens is 606 g/mol. The summed E-state index contributed by atoms with van der Waals surface area (Å²) in [4.78, 5) is 0. The fraction of sp³-hybridized carbons (Fsp3) is 0.833. The van der Waals surface area contributed by atoms with Gasteiger partial charge in [-0.3, -0.25) is 0 Å². The van der Waals surface area contributed by atoms with E-state index in [1.807, 2.05) is 0 Å². The molecule has 0 N–H and O–H groups in total. The molecule has 0 aromatic heterocycles. The van der Waals surface area contributed by atoms with Gasteiger partial charge >= 0.3 is 0 Å². The summed E-state index contributed by atoms with van der Waals surface area (Å²) in [6.07, 6.45) is 2.19. The standard InChI is InChI=1S/C6H13.6Y/c1-5-6(2,3)4;;;;;;/h5H,1-4H3;;;;;;/q-1;;;;;;. The summed E-state index contributed by atoms with van der Waals surface area (Å²) in [5.41, 5.74) is 0.417. The van der Waals surface area contributed by atoms with Crippen LogP contribution in [0.4, 0.5) is 0 Å². The molecule has 12 heavy (non-hydrogen) atoms. The topological polar surface area (TPSA) is 0 Å². The van der Waals surface area contributed by atoms with Crippen molar-refractivity contribution in [2.75, 3.05) is 0 Å². The van der Waals surface area contributed by atoms with Gasteiger partial charge in [-0.1, -0.05) is 20.8 Å². The monoisotopic (exact) mass is 619 g/mol. The Labute approximate surface area is 229 Å². The van der Waals surface area contributed by atoms with Crippen molar-refractivity contribution in [3.05, 3.63) is 6.42 Å². The Kier molecular flexibility index (Phi) is 93.6. The number of rotatable bonds is 0. The summed E-state index contributed by atoms with van der Waals surface area (Å²) in [6.45, 7) is 8.65. The molecule has 0 rings (SSSR count). The van der Waals surface area contributed by atoms with E-state index in [0.29, 0.717) is 5.41 Å². The zero-order valence-electron chi connectivity index (χ0n) is 8.54. The molecule has 6 heteroatoms. The van der Waals surface area contributed by atoms with Crippen LogP contribution in [0.1, 0.15) is 27.7 Å². The molecule has 0 heterocycles. The smallest absolute Gasteiger partial charge is 0 e. The fourth-order valence-corrected chi connectivity index (χ4v) is 0. The van der Waals surface area contributed by atoms with Gasteiger partial charge < -0.3 is 6.42 Å². The second kappa shape index (κ2) is 26.2. The fourth-order valence-electron chi connectivity index (χ4n) is 0. The van der Waals surface area contributed by atoms with Crippen molar-refractivity contribution in [3.63, 3.8) is 0 Å². The Hall–Kier alpha value is 6.62. The Morgan fingerprint density at radius 1 is 0.667 bits per heavy atom. The van der Waals surface area contributed by atoms with Crippen molar-refractivity contribution in [2.24, 2.45) is 5.41 Å². The molecule has 0 spiro atoms. The van der Waals surface area contributed by atoms with Gasteiger partial charge in [0.1, 0.15) is 0 Å². The van der Waals surface area contributed by atoms with E-state index in [1.54, 1.807) is 0 Å². The summed E-state index contributed by atoms with van der Waals surface area (Å²) < 4.78 is 0. The normalized spacial score (nSPS) is 6.00. The van der Waals surface area contributed by atoms with Gasteiger partial charge in [0, 0.05) is 196 Å². The van der Waals surface area contributed by atoms with E-state index in [0.717, 1.165) is 0 Å². The molecule has 0 nitrogen and oxygen atoms in total. The molecule has 0 amide bonds. The van der Waals surface area contributed by atoms with Crippen LogP contribution >= 0.6 is 0 Å². The molecule has 0 saturated heterocycles. The van der Waals surface area contributed by atoms with Crippen LogP contribution in [0.15, 0.2) is 0 Å². The minimum Gasteiger partial charge on any atom is -0.326 e. The maximum Gasteiger partial charge on any atom is 0 e. The van der Waals surface area contributed by atoms with Gasteiger partial charge in [0.2, 0.25) is 0 Å². The Morgan fingerprint density at radius 3 is 0.750 bits per heavy atom. The predicted octanol–water partition coefficient (Wildman–Crippen LogP) is 2.24. The second-order valence-electron chi connectivity index (χ2n) is 2.65. The van der Waals surface area contributed by atoms with E-state index in [2.05, 4.69) is 34.1 Å². The predicted molar refractivity (Wildman–Crippen MR) is 29.4 cm³/mol. The maximum absolute atomic E-state index is 2.19. The molecule has 0 aromatic carbocycles. The molecule has 0 atom stereocenters. The minimum absolute atomic E-state index is 0. The van der Waals surface area contributed by atoms with Crippen molar-refractivity contribution in [1.29, 1.82) is 0 Å². The molecule has 56 valence electrons. The largest absolute Gasteiger partial charge is 0.326 e. The van der Waals surface area contributed by atoms with Crippen LogP contribution in [-0.2, 0) is 196 Å². The van der Waals surface area contributed by atoms with E-state index in [4.69, 9.17) is 0 Å². The maximum atomic E-state index is 2.19. The summed E-state index contributed by atoms with van der Waals surface area (Å²) in [7, 11) is 0. The van der Waals surface area contributed by atoms with Crippen LogP contribution in [0, 0.1) is 11.8 Å². The Balaban J connectivity index is -0.00000000833. The van der Waals surface area contributed by atoms with Gasteiger partial charge in [-0.2, -0.15) is 12.3 Å². The molecule has 0 aliphatic carbocycles. The molecule has 0 fully saturated rings. The first kappa shape index (κ1) is 42.8. The van der Waals surface area contributed by atoms with Gasteiger partial charge in [-0.05, 0) is 0 Å². The van der Waals surface area contributed by atoms with E-state index >= 15 is 0 Å². The minimum atomic E-state index is 0. The van der Waals surface area contributed by atoms with E-state index in [9.17, 15) is 0 Å². The van der Waals surface area contributed by atoms with Crippen LogP contribution in [0.5, 0.6) is 0 Å². The van der Waals surface area contributed by atoms with Crippen LogP contribution < -0.4 is 0 Å². The molecule has 0 saturated carbocycles. The Morgan fingerprint density at radius 2 is 0.750 bits per heavy atom. The zero-order chi connectivity index (χ0) is 5.21. The number of hydrogen-bond acceptors (Lipinski definition) is 0. The molecule has 0 aromatic rings. The summed E-state index contributed by atoms with van der Waals surface area (Å²) >= 11 is 0. The third-order valence-electron chi connectivity index (χ3n) is 0.866. The van der Waals surface area contributed by atoms with Crippen molar-refractivity contribution in [1.82, 2.24) is 0 Å². The molecular formula is C6H13Y6-. The third-order valence-corrected chi connectivity index (χ3v) is 0.866. The van der Waals surface area contributed by atoms with Gasteiger partial charge in [0.05, 0.1) is 0 Å². The van der Waals surface area contributed by atoms with E-state index in [-0.39, 0.29) is 196 Å². The molecule has 0 bridgehead atoms. The summed E-state index contributed by atoms with van der Waals surface area (Å²) in [5, 5.41) is 0. The van der Waals surface area contributed by atoms with Crippen LogP contribution in [0.3, 0.4) is 0 Å². The quantitative estimate of drug-likeness (QED) is 0.366. The van der Waals surface area contributed by atoms with Crippen LogP contribution in [0.25, 0.3) is 0 Å². The molecule has 0 unspecified atom stereocenters. The number of hydrogen-bond donors (Lipinski definition) is 0. The second-order valence-corrected chi connectivity index (χ2v) is 2.65. The van der Waals surface area contributed by atoms with Crippen molar-refractivity contribution < 1.29 is 196 Å². The van der Waals surface area contributed by atoms with Gasteiger partial charge in [-0.15, -0.1) is 0 Å². The van der Waals surface area contributed by atoms with Gasteiger partial charge in [-0.25, -0.2) is 0 Å². The van der Waals surface area contributed by atoms with E-state index in [1.165, 1.54) is 0 Å². The van der Waals surface area contributed by atoms with Gasteiger partial charge in [0.15, 0.2) is 0 Å². The van der Waals surface area contributed by atoms with E-state index < -0.39 is 0 Å². The van der Waals surface area contributed by atoms with Crippen LogP contribution in [0.2, 0.25) is 0 Å². The average Bonchev–Trinajstić information content (AvgIpc) is 1.35. The van der Waals surface area contributed by atoms with Crippen molar-refractivity contribution >= 4 is 0 Å². The van der Waals surface area contributed by atoms with Gasteiger partial charge in [0.25, 0.3) is 0 Å². The van der Waals surface area contributed by atoms with Crippen molar-refractivity contribution in [3.8, 4) is 0 Å². The molecule has 0 aliphatic heterocycles. The first-order chi connectivity index (χ1) is 2.56. The third kappa shape index (κ3) is 43.8. The van der Waals surface area contributed by atoms with Crippen LogP contribution in [-0.4, -0.2) is 0 Å². The van der Waals surface area contributed by atoms with Crippen molar-refractivity contribution in [2.45, 2.75) is 27.7 Å². The zero-order valence-corrected chi connectivity index (χ0v) is 25.6. The molecule has 0 aliphatic rings. The SMILES string of the molecule is C[CH-]C(C)(C)C.[Y].[Y].[Y].[Y].[Y].[Y]. The average molecular weight is 619 g/mol. The Bertz CT molecular complexity index is 41.8. The summed E-state index contributed by atoms with van der Waals surface area (Å²) in [6, 6.07) is 0. The first-order valence-electron chi connectivity index (χ1n) is 2.37. The molecule has 6 radical (unpaired) electrons.